The monoisotopic (exact) mass is 259 g/mol. The van der Waals surface area contributed by atoms with Crippen LogP contribution in [-0.4, -0.2) is 12.6 Å². The summed E-state index contributed by atoms with van der Waals surface area (Å²) in [5.41, 5.74) is 1.48. The van der Waals surface area contributed by atoms with E-state index in [1.807, 2.05) is 0 Å². The Hall–Kier alpha value is -0.820. The zero-order valence-corrected chi connectivity index (χ0v) is 12.6. The van der Waals surface area contributed by atoms with E-state index in [4.69, 9.17) is 0 Å². The molecular formula is C18H29N. The van der Waals surface area contributed by atoms with Crippen LogP contribution in [0.2, 0.25) is 0 Å². The van der Waals surface area contributed by atoms with Crippen molar-refractivity contribution in [2.24, 2.45) is 11.8 Å². The molecule has 1 N–H and O–H groups in total. The zero-order valence-electron chi connectivity index (χ0n) is 12.6. The molecule has 0 saturated heterocycles. The Morgan fingerprint density at radius 2 is 1.79 bits per heavy atom. The highest BCUT2D eigenvalue weighted by atomic mass is 14.9. The fraction of sp³-hybridized carbons (Fsp3) is 0.667. The van der Waals surface area contributed by atoms with Crippen molar-refractivity contribution in [3.63, 3.8) is 0 Å². The van der Waals surface area contributed by atoms with Crippen LogP contribution in [0.1, 0.15) is 51.5 Å². The maximum Gasteiger partial charge on any atom is 0.00983 e. The lowest BCUT2D eigenvalue weighted by Gasteiger charge is -2.33. The second-order valence-corrected chi connectivity index (χ2v) is 6.21. The molecule has 1 aromatic carbocycles. The van der Waals surface area contributed by atoms with Crippen LogP contribution in [-0.2, 0) is 6.42 Å². The van der Waals surface area contributed by atoms with E-state index in [0.717, 1.165) is 24.4 Å². The first-order chi connectivity index (χ1) is 9.29. The maximum absolute atomic E-state index is 3.74. The van der Waals surface area contributed by atoms with Crippen LogP contribution in [0, 0.1) is 11.8 Å². The van der Waals surface area contributed by atoms with Crippen molar-refractivity contribution in [2.45, 2.75) is 58.4 Å². The molecule has 1 aromatic rings. The summed E-state index contributed by atoms with van der Waals surface area (Å²) in [4.78, 5) is 0. The van der Waals surface area contributed by atoms with Gasteiger partial charge in [0.1, 0.15) is 0 Å². The van der Waals surface area contributed by atoms with Crippen LogP contribution in [0.15, 0.2) is 30.3 Å². The molecule has 1 heteroatoms. The molecular weight excluding hydrogens is 230 g/mol. The lowest BCUT2D eigenvalue weighted by Crippen LogP contribution is -2.38. The fourth-order valence-corrected chi connectivity index (χ4v) is 3.42. The molecule has 1 unspecified atom stereocenters. The van der Waals surface area contributed by atoms with Gasteiger partial charge in [-0.15, -0.1) is 0 Å². The number of rotatable bonds is 6. The molecule has 1 fully saturated rings. The normalized spacial score (nSPS) is 25.2. The van der Waals surface area contributed by atoms with Gasteiger partial charge in [0.2, 0.25) is 0 Å². The molecule has 1 nitrogen and oxygen atoms in total. The van der Waals surface area contributed by atoms with Gasteiger partial charge in [0, 0.05) is 6.04 Å². The first-order valence-corrected chi connectivity index (χ1v) is 8.07. The van der Waals surface area contributed by atoms with Crippen LogP contribution in [0.4, 0.5) is 0 Å². The molecule has 0 spiro atoms. The average Bonchev–Trinajstić information content (AvgIpc) is 2.46. The van der Waals surface area contributed by atoms with E-state index in [-0.39, 0.29) is 0 Å². The van der Waals surface area contributed by atoms with Crippen LogP contribution >= 0.6 is 0 Å². The molecule has 0 radical (unpaired) electrons. The van der Waals surface area contributed by atoms with Crippen molar-refractivity contribution in [3.05, 3.63) is 35.9 Å². The fourth-order valence-electron chi connectivity index (χ4n) is 3.42. The second kappa shape index (κ2) is 7.69. The third-order valence-corrected chi connectivity index (χ3v) is 4.68. The van der Waals surface area contributed by atoms with Gasteiger partial charge in [-0.05, 0) is 49.6 Å². The molecule has 0 amide bonds. The minimum atomic E-state index is 0.720. The average molecular weight is 259 g/mol. The lowest BCUT2D eigenvalue weighted by molar-refractivity contribution is 0.224. The van der Waals surface area contributed by atoms with E-state index in [0.29, 0.717) is 0 Å². The standard InChI is InChI=1S/C18H29N/c1-3-19-18(17-12-9-15(2)10-13-17)14-11-16-7-5-4-6-8-16/h4-8,15,17-19H,3,9-14H2,1-2H3. The number of aryl methyl sites for hydroxylation is 1. The highest BCUT2D eigenvalue weighted by Crippen LogP contribution is 2.31. The first kappa shape index (κ1) is 14.6. The molecule has 1 aliphatic carbocycles. The Balaban J connectivity index is 1.85. The summed E-state index contributed by atoms with van der Waals surface area (Å²) >= 11 is 0. The summed E-state index contributed by atoms with van der Waals surface area (Å²) in [5.74, 6) is 1.85. The van der Waals surface area contributed by atoms with Crippen molar-refractivity contribution in [3.8, 4) is 0 Å². The number of nitrogens with one attached hydrogen (secondary N) is 1. The molecule has 0 aromatic heterocycles. The van der Waals surface area contributed by atoms with Crippen LogP contribution < -0.4 is 5.32 Å². The summed E-state index contributed by atoms with van der Waals surface area (Å²) in [5, 5.41) is 3.74. The first-order valence-electron chi connectivity index (χ1n) is 8.07. The predicted molar refractivity (Wildman–Crippen MR) is 83.3 cm³/mol. The highest BCUT2D eigenvalue weighted by molar-refractivity contribution is 5.14. The van der Waals surface area contributed by atoms with E-state index < -0.39 is 0 Å². The quantitative estimate of drug-likeness (QED) is 0.797. The number of hydrogen-bond donors (Lipinski definition) is 1. The zero-order chi connectivity index (χ0) is 13.5. The van der Waals surface area contributed by atoms with E-state index in [1.54, 1.807) is 0 Å². The van der Waals surface area contributed by atoms with Crippen LogP contribution in [0.3, 0.4) is 0 Å². The molecule has 1 saturated carbocycles. The van der Waals surface area contributed by atoms with Gasteiger partial charge >= 0.3 is 0 Å². The molecule has 19 heavy (non-hydrogen) atoms. The third-order valence-electron chi connectivity index (χ3n) is 4.68. The van der Waals surface area contributed by atoms with Gasteiger partial charge in [-0.1, -0.05) is 57.0 Å². The van der Waals surface area contributed by atoms with Gasteiger partial charge in [-0.3, -0.25) is 0 Å². The Kier molecular flexibility index (Phi) is 5.91. The molecule has 1 aliphatic rings. The van der Waals surface area contributed by atoms with Gasteiger partial charge in [-0.2, -0.15) is 0 Å². The Morgan fingerprint density at radius 1 is 1.11 bits per heavy atom. The van der Waals surface area contributed by atoms with Crippen molar-refractivity contribution < 1.29 is 0 Å². The van der Waals surface area contributed by atoms with Crippen LogP contribution in [0.5, 0.6) is 0 Å². The number of hydrogen-bond acceptors (Lipinski definition) is 1. The topological polar surface area (TPSA) is 12.0 Å². The Morgan fingerprint density at radius 3 is 2.42 bits per heavy atom. The van der Waals surface area contributed by atoms with Gasteiger partial charge in [0.25, 0.3) is 0 Å². The van der Waals surface area contributed by atoms with Crippen molar-refractivity contribution >= 4 is 0 Å². The second-order valence-electron chi connectivity index (χ2n) is 6.21. The summed E-state index contributed by atoms with van der Waals surface area (Å²) in [6, 6.07) is 11.6. The molecule has 0 bridgehead atoms. The molecule has 1 atom stereocenters. The smallest absolute Gasteiger partial charge is 0.00983 e. The van der Waals surface area contributed by atoms with Crippen LogP contribution in [0.25, 0.3) is 0 Å². The van der Waals surface area contributed by atoms with E-state index in [9.17, 15) is 0 Å². The van der Waals surface area contributed by atoms with Gasteiger partial charge in [-0.25, -0.2) is 0 Å². The summed E-state index contributed by atoms with van der Waals surface area (Å²) in [6.45, 7) is 5.74. The van der Waals surface area contributed by atoms with E-state index in [2.05, 4.69) is 49.5 Å². The maximum atomic E-state index is 3.74. The summed E-state index contributed by atoms with van der Waals surface area (Å²) in [6.07, 6.45) is 8.21. The van der Waals surface area contributed by atoms with Gasteiger partial charge in [0.05, 0.1) is 0 Å². The Bertz CT molecular complexity index is 338. The molecule has 0 aliphatic heterocycles. The highest BCUT2D eigenvalue weighted by Gasteiger charge is 2.25. The van der Waals surface area contributed by atoms with Gasteiger partial charge < -0.3 is 5.32 Å². The summed E-state index contributed by atoms with van der Waals surface area (Å²) in [7, 11) is 0. The largest absolute Gasteiger partial charge is 0.314 e. The predicted octanol–water partition coefficient (Wildman–Crippen LogP) is 4.42. The molecule has 106 valence electrons. The Labute approximate surface area is 118 Å². The minimum Gasteiger partial charge on any atom is -0.314 e. The van der Waals surface area contributed by atoms with Crippen molar-refractivity contribution in [1.82, 2.24) is 5.32 Å². The minimum absolute atomic E-state index is 0.720. The van der Waals surface area contributed by atoms with Gasteiger partial charge in [0.15, 0.2) is 0 Å². The molecule has 2 rings (SSSR count). The van der Waals surface area contributed by atoms with Crippen molar-refractivity contribution in [1.29, 1.82) is 0 Å². The third kappa shape index (κ3) is 4.65. The van der Waals surface area contributed by atoms with E-state index >= 15 is 0 Å². The van der Waals surface area contributed by atoms with E-state index in [1.165, 1.54) is 44.1 Å². The SMILES string of the molecule is CCNC(CCc1ccccc1)C1CCC(C)CC1. The van der Waals surface area contributed by atoms with Crippen molar-refractivity contribution in [2.75, 3.05) is 6.54 Å². The molecule has 0 heterocycles. The summed E-state index contributed by atoms with van der Waals surface area (Å²) < 4.78 is 0. The lowest BCUT2D eigenvalue weighted by atomic mass is 9.78. The number of benzene rings is 1.